The molecule has 4 rings (SSSR count). The van der Waals surface area contributed by atoms with E-state index in [-0.39, 0.29) is 12.3 Å². The first-order chi connectivity index (χ1) is 16.3. The maximum atomic E-state index is 12.5. The minimum Gasteiger partial charge on any atom is -0.487 e. The Morgan fingerprint density at radius 1 is 1.06 bits per heavy atom. The molecule has 0 fully saturated rings. The molecular formula is C24H25ClN6O3. The zero-order valence-corrected chi connectivity index (χ0v) is 20.1. The van der Waals surface area contributed by atoms with Gasteiger partial charge in [-0.15, -0.1) is 0 Å². The highest BCUT2D eigenvalue weighted by atomic mass is 35.5. The Morgan fingerprint density at radius 2 is 1.79 bits per heavy atom. The summed E-state index contributed by atoms with van der Waals surface area (Å²) in [4.78, 5) is 29.1. The quantitative estimate of drug-likeness (QED) is 0.324. The first kappa shape index (κ1) is 23.3. The maximum absolute atomic E-state index is 12.5. The molecular weight excluding hydrogens is 456 g/mol. The molecule has 2 heterocycles. The zero-order valence-electron chi connectivity index (χ0n) is 19.4. The highest BCUT2D eigenvalue weighted by Crippen LogP contribution is 2.25. The molecule has 0 spiro atoms. The van der Waals surface area contributed by atoms with Crippen LogP contribution in [0.5, 0.6) is 5.75 Å². The van der Waals surface area contributed by atoms with Crippen LogP contribution in [0.25, 0.3) is 11.2 Å². The molecule has 2 aromatic carbocycles. The lowest BCUT2D eigenvalue weighted by molar-refractivity contribution is 0.372. The number of hydrazone groups is 1. The molecule has 1 N–H and O–H groups in total. The van der Waals surface area contributed by atoms with E-state index in [9.17, 15) is 9.59 Å². The van der Waals surface area contributed by atoms with Gasteiger partial charge in [0.15, 0.2) is 11.2 Å². The number of hydrogen-bond acceptors (Lipinski definition) is 6. The van der Waals surface area contributed by atoms with Crippen LogP contribution in [0.15, 0.2) is 63.2 Å². The SMILES string of the molecule is C/C(COc1ccc(Cl)cc1Cc1ccccc1)=N\Nc1nc2c(c(=O)n(C)c(=O)n2C)n1C. The lowest BCUT2D eigenvalue weighted by Gasteiger charge is -2.12. The van der Waals surface area contributed by atoms with Crippen molar-refractivity contribution in [2.24, 2.45) is 26.2 Å². The number of hydrogen-bond donors (Lipinski definition) is 1. The fourth-order valence-electron chi connectivity index (χ4n) is 3.62. The van der Waals surface area contributed by atoms with E-state index in [4.69, 9.17) is 16.3 Å². The van der Waals surface area contributed by atoms with Crippen molar-refractivity contribution in [3.05, 3.63) is 85.5 Å². The van der Waals surface area contributed by atoms with Crippen LogP contribution in [0.1, 0.15) is 18.1 Å². The number of nitrogens with one attached hydrogen (secondary N) is 1. The smallest absolute Gasteiger partial charge is 0.332 e. The van der Waals surface area contributed by atoms with Gasteiger partial charge in [0.2, 0.25) is 5.95 Å². The average molecular weight is 481 g/mol. The summed E-state index contributed by atoms with van der Waals surface area (Å²) in [5.41, 5.74) is 5.40. The fraction of sp³-hybridized carbons (Fsp3) is 0.250. The van der Waals surface area contributed by atoms with E-state index in [1.807, 2.05) is 37.3 Å². The van der Waals surface area contributed by atoms with Crippen molar-refractivity contribution < 1.29 is 4.74 Å². The van der Waals surface area contributed by atoms with Gasteiger partial charge in [-0.3, -0.25) is 13.9 Å². The summed E-state index contributed by atoms with van der Waals surface area (Å²) in [6, 6.07) is 15.6. The van der Waals surface area contributed by atoms with E-state index in [1.165, 1.54) is 11.6 Å². The summed E-state index contributed by atoms with van der Waals surface area (Å²) in [7, 11) is 4.70. The second kappa shape index (κ2) is 9.56. The molecule has 0 atom stereocenters. The van der Waals surface area contributed by atoms with Gasteiger partial charge in [0.1, 0.15) is 12.4 Å². The monoisotopic (exact) mass is 480 g/mol. The largest absolute Gasteiger partial charge is 0.487 e. The number of ether oxygens (including phenoxy) is 1. The van der Waals surface area contributed by atoms with Gasteiger partial charge in [-0.2, -0.15) is 10.1 Å². The summed E-state index contributed by atoms with van der Waals surface area (Å²) in [5, 5.41) is 4.98. The van der Waals surface area contributed by atoms with E-state index in [2.05, 4.69) is 27.6 Å². The van der Waals surface area contributed by atoms with Crippen LogP contribution in [-0.2, 0) is 27.6 Å². The summed E-state index contributed by atoms with van der Waals surface area (Å²) >= 11 is 6.21. The minimum atomic E-state index is -0.440. The van der Waals surface area contributed by atoms with Gasteiger partial charge in [0, 0.05) is 32.6 Å². The average Bonchev–Trinajstić information content (AvgIpc) is 3.16. The van der Waals surface area contributed by atoms with E-state index in [1.54, 1.807) is 24.7 Å². The lowest BCUT2D eigenvalue weighted by atomic mass is 10.0. The Kier molecular flexibility index (Phi) is 6.56. The van der Waals surface area contributed by atoms with Crippen LogP contribution in [-0.4, -0.2) is 31.0 Å². The molecule has 10 heteroatoms. The molecule has 0 radical (unpaired) electrons. The molecule has 176 valence electrons. The van der Waals surface area contributed by atoms with Gasteiger partial charge in [-0.05, 0) is 36.2 Å². The zero-order chi connectivity index (χ0) is 24.4. The van der Waals surface area contributed by atoms with E-state index in [0.29, 0.717) is 28.6 Å². The summed E-state index contributed by atoms with van der Waals surface area (Å²) in [6.07, 6.45) is 0.693. The number of rotatable bonds is 7. The van der Waals surface area contributed by atoms with Crippen LogP contribution in [0.2, 0.25) is 5.02 Å². The normalized spacial score (nSPS) is 11.7. The van der Waals surface area contributed by atoms with Gasteiger partial charge >= 0.3 is 5.69 Å². The van der Waals surface area contributed by atoms with Gasteiger partial charge in [0.25, 0.3) is 5.56 Å². The maximum Gasteiger partial charge on any atom is 0.332 e. The fourth-order valence-corrected chi connectivity index (χ4v) is 3.82. The van der Waals surface area contributed by atoms with Crippen LogP contribution < -0.4 is 21.4 Å². The standard InChI is InChI=1S/C24H25ClN6O3/c1-15(14-34-19-11-10-18(25)13-17(19)12-16-8-6-5-7-9-16)27-28-23-26-21-20(29(23)2)22(32)31(4)24(33)30(21)3/h5-11,13H,12,14H2,1-4H3,(H,26,28)/b27-15+. The van der Waals surface area contributed by atoms with Crippen LogP contribution in [0.3, 0.4) is 0 Å². The first-order valence-corrected chi connectivity index (χ1v) is 11.0. The Balaban J connectivity index is 1.51. The Morgan fingerprint density at radius 3 is 2.53 bits per heavy atom. The number of halogens is 1. The van der Waals surface area contributed by atoms with E-state index < -0.39 is 11.2 Å². The number of anilines is 1. The molecule has 0 bridgehead atoms. The molecule has 0 amide bonds. The highest BCUT2D eigenvalue weighted by molar-refractivity contribution is 6.30. The number of aromatic nitrogens is 4. The topological polar surface area (TPSA) is 95.4 Å². The third kappa shape index (κ3) is 4.60. The minimum absolute atomic E-state index is 0.237. The third-order valence-electron chi connectivity index (χ3n) is 5.52. The summed E-state index contributed by atoms with van der Waals surface area (Å²) in [6.45, 7) is 2.05. The van der Waals surface area contributed by atoms with Gasteiger partial charge in [-0.1, -0.05) is 41.9 Å². The van der Waals surface area contributed by atoms with Crippen LogP contribution in [0, 0.1) is 0 Å². The van der Waals surface area contributed by atoms with Crippen LogP contribution in [0.4, 0.5) is 5.95 Å². The van der Waals surface area contributed by atoms with Crippen molar-refractivity contribution in [2.75, 3.05) is 12.0 Å². The van der Waals surface area contributed by atoms with Crippen molar-refractivity contribution in [1.82, 2.24) is 18.7 Å². The number of imidazole rings is 1. The van der Waals surface area contributed by atoms with Crippen LogP contribution >= 0.6 is 11.6 Å². The molecule has 0 aliphatic carbocycles. The molecule has 34 heavy (non-hydrogen) atoms. The van der Waals surface area contributed by atoms with Crippen molar-refractivity contribution in [3.63, 3.8) is 0 Å². The number of aryl methyl sites for hydroxylation is 2. The third-order valence-corrected chi connectivity index (χ3v) is 5.75. The molecule has 0 saturated carbocycles. The summed E-state index contributed by atoms with van der Waals surface area (Å²) in [5.74, 6) is 1.06. The van der Waals surface area contributed by atoms with Crippen molar-refractivity contribution in [2.45, 2.75) is 13.3 Å². The number of fused-ring (bicyclic) bond motifs is 1. The molecule has 2 aromatic heterocycles. The first-order valence-electron chi connectivity index (χ1n) is 10.6. The van der Waals surface area contributed by atoms with Gasteiger partial charge in [0.05, 0.1) is 5.71 Å². The Bertz CT molecular complexity index is 1500. The molecule has 0 aliphatic heterocycles. The summed E-state index contributed by atoms with van der Waals surface area (Å²) < 4.78 is 9.97. The van der Waals surface area contributed by atoms with Crippen molar-refractivity contribution in [1.29, 1.82) is 0 Å². The molecule has 4 aromatic rings. The van der Waals surface area contributed by atoms with Gasteiger partial charge in [-0.25, -0.2) is 10.2 Å². The second-order valence-electron chi connectivity index (χ2n) is 8.03. The van der Waals surface area contributed by atoms with E-state index >= 15 is 0 Å². The lowest BCUT2D eigenvalue weighted by Crippen LogP contribution is -2.37. The Labute approximate surface area is 200 Å². The predicted octanol–water partition coefficient (Wildman–Crippen LogP) is 3.08. The predicted molar refractivity (Wildman–Crippen MR) is 134 cm³/mol. The molecule has 0 unspecified atom stereocenters. The van der Waals surface area contributed by atoms with E-state index in [0.717, 1.165) is 21.4 Å². The van der Waals surface area contributed by atoms with Gasteiger partial charge < -0.3 is 9.30 Å². The number of benzene rings is 2. The molecule has 9 nitrogen and oxygen atoms in total. The Hall–Kier alpha value is -3.85. The van der Waals surface area contributed by atoms with Crippen molar-refractivity contribution in [3.8, 4) is 5.75 Å². The highest BCUT2D eigenvalue weighted by Gasteiger charge is 2.16. The second-order valence-corrected chi connectivity index (χ2v) is 8.47. The van der Waals surface area contributed by atoms with Crippen molar-refractivity contribution >= 4 is 34.4 Å². The number of nitrogens with zero attached hydrogens (tertiary/aromatic N) is 5. The molecule has 0 aliphatic rings. The molecule has 0 saturated heterocycles.